The maximum absolute atomic E-state index is 3.75. The summed E-state index contributed by atoms with van der Waals surface area (Å²) in [5.74, 6) is 3.67. The molecule has 1 N–H and O–H groups in total. The molecule has 2 nitrogen and oxygen atoms in total. The van der Waals surface area contributed by atoms with Crippen LogP contribution < -0.4 is 5.32 Å². The summed E-state index contributed by atoms with van der Waals surface area (Å²) in [4.78, 5) is 2.63. The minimum absolute atomic E-state index is 0.763. The quantitative estimate of drug-likeness (QED) is 0.763. The first-order valence-corrected chi connectivity index (χ1v) is 9.02. The van der Waals surface area contributed by atoms with Crippen LogP contribution in [0.25, 0.3) is 0 Å². The van der Waals surface area contributed by atoms with Crippen LogP contribution in [0.1, 0.15) is 59.3 Å². The average molecular weight is 280 g/mol. The van der Waals surface area contributed by atoms with Crippen molar-refractivity contribution in [3.05, 3.63) is 0 Å². The molecule has 3 atom stereocenters. The van der Waals surface area contributed by atoms with Crippen molar-refractivity contribution in [2.24, 2.45) is 23.7 Å². The second-order valence-electron chi connectivity index (χ2n) is 7.76. The smallest absolute Gasteiger partial charge is 0.0108 e. The third kappa shape index (κ3) is 4.46. The summed E-state index contributed by atoms with van der Waals surface area (Å²) < 4.78 is 0. The van der Waals surface area contributed by atoms with Crippen molar-refractivity contribution in [3.8, 4) is 0 Å². The van der Waals surface area contributed by atoms with Crippen LogP contribution in [0.5, 0.6) is 0 Å². The largest absolute Gasteiger partial charge is 0.314 e. The van der Waals surface area contributed by atoms with E-state index < -0.39 is 0 Å². The first-order chi connectivity index (χ1) is 9.60. The lowest BCUT2D eigenvalue weighted by molar-refractivity contribution is 0.115. The van der Waals surface area contributed by atoms with Crippen molar-refractivity contribution in [1.29, 1.82) is 0 Å². The third-order valence-electron chi connectivity index (χ3n) is 5.77. The average Bonchev–Trinajstić information content (AvgIpc) is 2.36. The van der Waals surface area contributed by atoms with E-state index in [2.05, 4.69) is 38.0 Å². The molecule has 0 aliphatic heterocycles. The molecule has 3 unspecified atom stereocenters. The molecule has 0 bridgehead atoms. The highest BCUT2D eigenvalue weighted by Gasteiger charge is 2.32. The summed E-state index contributed by atoms with van der Waals surface area (Å²) in [6, 6.07) is 0.763. The van der Waals surface area contributed by atoms with Gasteiger partial charge in [0.15, 0.2) is 0 Å². The zero-order chi connectivity index (χ0) is 14.5. The van der Waals surface area contributed by atoms with E-state index in [1.807, 2.05) is 0 Å². The predicted molar refractivity (Wildman–Crippen MR) is 88.0 cm³/mol. The van der Waals surface area contributed by atoms with Crippen molar-refractivity contribution in [2.75, 3.05) is 26.7 Å². The van der Waals surface area contributed by atoms with Gasteiger partial charge in [0.05, 0.1) is 0 Å². The minimum atomic E-state index is 0.763. The number of rotatable bonds is 7. The van der Waals surface area contributed by atoms with Gasteiger partial charge in [0.2, 0.25) is 0 Å². The molecule has 0 amide bonds. The molecule has 0 spiro atoms. The topological polar surface area (TPSA) is 15.3 Å². The molecule has 2 rings (SSSR count). The molecule has 2 saturated carbocycles. The van der Waals surface area contributed by atoms with E-state index in [4.69, 9.17) is 0 Å². The van der Waals surface area contributed by atoms with E-state index in [1.165, 1.54) is 51.6 Å². The van der Waals surface area contributed by atoms with Crippen molar-refractivity contribution in [2.45, 2.75) is 65.3 Å². The molecule has 2 fully saturated rings. The van der Waals surface area contributed by atoms with Gasteiger partial charge in [-0.25, -0.2) is 0 Å². The maximum Gasteiger partial charge on any atom is 0.0108 e. The zero-order valence-electron chi connectivity index (χ0n) is 14.2. The summed E-state index contributed by atoms with van der Waals surface area (Å²) in [6.45, 7) is 10.8. The van der Waals surface area contributed by atoms with Crippen LogP contribution in [0.2, 0.25) is 0 Å². The van der Waals surface area contributed by atoms with Crippen LogP contribution in [-0.4, -0.2) is 37.6 Å². The molecule has 20 heavy (non-hydrogen) atoms. The highest BCUT2D eigenvalue weighted by Crippen LogP contribution is 2.35. The zero-order valence-corrected chi connectivity index (χ0v) is 14.2. The fourth-order valence-electron chi connectivity index (χ4n) is 4.23. The first-order valence-electron chi connectivity index (χ1n) is 9.02. The molecule has 2 heteroatoms. The monoisotopic (exact) mass is 280 g/mol. The van der Waals surface area contributed by atoms with Crippen LogP contribution >= 0.6 is 0 Å². The molecule has 0 aromatic heterocycles. The molecule has 0 aromatic rings. The van der Waals surface area contributed by atoms with Crippen LogP contribution in [0.15, 0.2) is 0 Å². The lowest BCUT2D eigenvalue weighted by Crippen LogP contribution is -2.46. The van der Waals surface area contributed by atoms with Crippen LogP contribution in [-0.2, 0) is 0 Å². The molecule has 2 aliphatic rings. The van der Waals surface area contributed by atoms with Gasteiger partial charge >= 0.3 is 0 Å². The van der Waals surface area contributed by atoms with E-state index >= 15 is 0 Å². The van der Waals surface area contributed by atoms with E-state index in [0.29, 0.717) is 0 Å². The Balaban J connectivity index is 1.84. The Labute approximate surface area is 126 Å². The normalized spacial score (nSPS) is 31.8. The van der Waals surface area contributed by atoms with Gasteiger partial charge in [0.25, 0.3) is 0 Å². The Hall–Kier alpha value is -0.0800. The molecule has 0 aromatic carbocycles. The second kappa shape index (κ2) is 7.79. The predicted octanol–water partition coefficient (Wildman–Crippen LogP) is 3.77. The first kappa shape index (κ1) is 16.3. The van der Waals surface area contributed by atoms with E-state index in [-0.39, 0.29) is 0 Å². The van der Waals surface area contributed by atoms with E-state index in [0.717, 1.165) is 36.3 Å². The van der Waals surface area contributed by atoms with E-state index in [1.54, 1.807) is 0 Å². The SMILES string of the molecule is CCNC1CCC(C(C)C)CC1CN(C)CC1CCC1. The summed E-state index contributed by atoms with van der Waals surface area (Å²) in [5, 5.41) is 3.75. The summed E-state index contributed by atoms with van der Waals surface area (Å²) >= 11 is 0. The van der Waals surface area contributed by atoms with Crippen LogP contribution in [0.3, 0.4) is 0 Å². The molecule has 0 heterocycles. The summed E-state index contributed by atoms with van der Waals surface area (Å²) in [5.41, 5.74) is 0. The number of hydrogen-bond acceptors (Lipinski definition) is 2. The lowest BCUT2D eigenvalue weighted by Gasteiger charge is -2.41. The van der Waals surface area contributed by atoms with Gasteiger partial charge < -0.3 is 10.2 Å². The Morgan fingerprint density at radius 1 is 1.10 bits per heavy atom. The third-order valence-corrected chi connectivity index (χ3v) is 5.77. The molecule has 2 aliphatic carbocycles. The van der Waals surface area contributed by atoms with Gasteiger partial charge in [0, 0.05) is 19.1 Å². The van der Waals surface area contributed by atoms with Gasteiger partial charge in [-0.1, -0.05) is 27.2 Å². The Kier molecular flexibility index (Phi) is 6.35. The molecular weight excluding hydrogens is 244 g/mol. The molecule has 0 saturated heterocycles. The van der Waals surface area contributed by atoms with Gasteiger partial charge in [-0.3, -0.25) is 0 Å². The second-order valence-corrected chi connectivity index (χ2v) is 7.76. The van der Waals surface area contributed by atoms with Crippen LogP contribution in [0.4, 0.5) is 0 Å². The number of nitrogens with zero attached hydrogens (tertiary/aromatic N) is 1. The van der Waals surface area contributed by atoms with Gasteiger partial charge in [-0.05, 0) is 69.4 Å². The molecule has 0 radical (unpaired) electrons. The van der Waals surface area contributed by atoms with Crippen molar-refractivity contribution in [3.63, 3.8) is 0 Å². The maximum atomic E-state index is 3.75. The fourth-order valence-corrected chi connectivity index (χ4v) is 4.23. The Morgan fingerprint density at radius 2 is 1.85 bits per heavy atom. The summed E-state index contributed by atoms with van der Waals surface area (Å²) in [7, 11) is 2.35. The van der Waals surface area contributed by atoms with Crippen molar-refractivity contribution < 1.29 is 0 Å². The lowest BCUT2D eigenvalue weighted by atomic mass is 9.73. The van der Waals surface area contributed by atoms with Gasteiger partial charge in [0.1, 0.15) is 0 Å². The Bertz CT molecular complexity index is 273. The minimum Gasteiger partial charge on any atom is -0.314 e. The molecule has 118 valence electrons. The standard InChI is InChI=1S/C18H36N2/c1-5-19-18-10-9-16(14(2)3)11-17(18)13-20(4)12-15-7-6-8-15/h14-19H,5-13H2,1-4H3. The number of hydrogen-bond donors (Lipinski definition) is 1. The fraction of sp³-hybridized carbons (Fsp3) is 1.00. The van der Waals surface area contributed by atoms with Crippen molar-refractivity contribution >= 4 is 0 Å². The molecular formula is C18H36N2. The Morgan fingerprint density at radius 3 is 2.40 bits per heavy atom. The highest BCUT2D eigenvalue weighted by atomic mass is 15.1. The van der Waals surface area contributed by atoms with Crippen LogP contribution in [0, 0.1) is 23.7 Å². The van der Waals surface area contributed by atoms with Crippen molar-refractivity contribution in [1.82, 2.24) is 10.2 Å². The summed E-state index contributed by atoms with van der Waals surface area (Å²) in [6.07, 6.45) is 8.67. The highest BCUT2D eigenvalue weighted by molar-refractivity contribution is 4.87. The van der Waals surface area contributed by atoms with Gasteiger partial charge in [-0.2, -0.15) is 0 Å². The number of nitrogens with one attached hydrogen (secondary N) is 1. The van der Waals surface area contributed by atoms with Gasteiger partial charge in [-0.15, -0.1) is 0 Å². The van der Waals surface area contributed by atoms with E-state index in [9.17, 15) is 0 Å².